The van der Waals surface area contributed by atoms with Crippen LogP contribution in [0.25, 0.3) is 0 Å². The van der Waals surface area contributed by atoms with Crippen LogP contribution in [-0.4, -0.2) is 71.7 Å². The fourth-order valence-corrected chi connectivity index (χ4v) is 6.22. The SMILES string of the molecule is CC/C=C\C/C=C\C/C=C\C/C=C\C[C@H](O)[C@@H](O)CCCC(=O)OC[C@H](COP(=O)(O)OCCN)OC(=O)CCCCCCCCC/C=C\C/C=C\CCCCC. The second-order valence-corrected chi connectivity index (χ2v) is 15.6. The van der Waals surface area contributed by atoms with Crippen LogP contribution < -0.4 is 5.73 Å². The minimum absolute atomic E-state index is 0.00873. The van der Waals surface area contributed by atoms with Crippen LogP contribution in [-0.2, 0) is 32.7 Å². The highest BCUT2D eigenvalue weighted by Crippen LogP contribution is 2.43. The van der Waals surface area contributed by atoms with Gasteiger partial charge in [0.15, 0.2) is 6.10 Å². The van der Waals surface area contributed by atoms with Crippen molar-refractivity contribution in [1.29, 1.82) is 0 Å². The Labute approximate surface area is 345 Å². The van der Waals surface area contributed by atoms with E-state index in [0.29, 0.717) is 6.42 Å². The minimum atomic E-state index is -4.45. The lowest BCUT2D eigenvalue weighted by molar-refractivity contribution is -0.161. The zero-order valence-corrected chi connectivity index (χ0v) is 36.2. The van der Waals surface area contributed by atoms with Crippen molar-refractivity contribution in [1.82, 2.24) is 0 Å². The van der Waals surface area contributed by atoms with E-state index in [4.69, 9.17) is 24.3 Å². The number of aliphatic hydroxyl groups excluding tert-OH is 2. The summed E-state index contributed by atoms with van der Waals surface area (Å²) in [4.78, 5) is 34.9. The Morgan fingerprint density at radius 3 is 1.74 bits per heavy atom. The predicted molar refractivity (Wildman–Crippen MR) is 231 cm³/mol. The van der Waals surface area contributed by atoms with Crippen LogP contribution in [0.5, 0.6) is 0 Å². The van der Waals surface area contributed by atoms with E-state index in [9.17, 15) is 29.3 Å². The van der Waals surface area contributed by atoms with E-state index in [1.54, 1.807) is 0 Å². The average molecular weight is 824 g/mol. The lowest BCUT2D eigenvalue weighted by Gasteiger charge is -2.20. The molecule has 0 rings (SSSR count). The Balaban J connectivity index is 4.42. The van der Waals surface area contributed by atoms with E-state index in [2.05, 4.69) is 68.5 Å². The molecule has 0 saturated heterocycles. The average Bonchev–Trinajstić information content (AvgIpc) is 3.19. The molecule has 0 aliphatic rings. The second kappa shape index (κ2) is 40.2. The maximum absolute atomic E-state index is 12.6. The molecule has 0 amide bonds. The van der Waals surface area contributed by atoms with Crippen LogP contribution >= 0.6 is 7.82 Å². The molecule has 57 heavy (non-hydrogen) atoms. The summed E-state index contributed by atoms with van der Waals surface area (Å²) in [6, 6.07) is 0. The molecule has 0 fully saturated rings. The zero-order valence-electron chi connectivity index (χ0n) is 35.3. The van der Waals surface area contributed by atoms with Crippen molar-refractivity contribution in [3.63, 3.8) is 0 Å². The number of nitrogens with two attached hydrogens (primary N) is 1. The maximum atomic E-state index is 12.6. The molecular weight excluding hydrogens is 745 g/mol. The monoisotopic (exact) mass is 824 g/mol. The fourth-order valence-electron chi connectivity index (χ4n) is 5.46. The van der Waals surface area contributed by atoms with Gasteiger partial charge in [0.25, 0.3) is 0 Å². The van der Waals surface area contributed by atoms with E-state index in [0.717, 1.165) is 64.2 Å². The van der Waals surface area contributed by atoms with Gasteiger partial charge in [-0.25, -0.2) is 4.57 Å². The molecule has 4 atom stereocenters. The van der Waals surface area contributed by atoms with Crippen LogP contribution in [0.2, 0.25) is 0 Å². The van der Waals surface area contributed by atoms with Crippen molar-refractivity contribution >= 4 is 19.8 Å². The minimum Gasteiger partial charge on any atom is -0.462 e. The first-order chi connectivity index (χ1) is 27.6. The molecule has 12 heteroatoms. The van der Waals surface area contributed by atoms with Crippen molar-refractivity contribution in [3.8, 4) is 0 Å². The first kappa shape index (κ1) is 54.4. The van der Waals surface area contributed by atoms with Gasteiger partial charge in [-0.2, -0.15) is 0 Å². The molecule has 0 aromatic rings. The molecule has 0 radical (unpaired) electrons. The second-order valence-electron chi connectivity index (χ2n) is 14.1. The topological polar surface area (TPSA) is 175 Å². The number of aliphatic hydroxyl groups is 2. The number of carbonyl (C=O) groups is 2. The quantitative estimate of drug-likeness (QED) is 0.0201. The largest absolute Gasteiger partial charge is 0.472 e. The zero-order chi connectivity index (χ0) is 42.1. The molecule has 0 aliphatic carbocycles. The molecular formula is C45H78NO10P. The number of phosphoric acid groups is 1. The van der Waals surface area contributed by atoms with Gasteiger partial charge in [0.05, 0.1) is 25.4 Å². The number of esters is 2. The lowest BCUT2D eigenvalue weighted by atomic mass is 10.0. The molecule has 0 heterocycles. The van der Waals surface area contributed by atoms with Crippen molar-refractivity contribution in [2.45, 2.75) is 173 Å². The number of carbonyl (C=O) groups excluding carboxylic acids is 2. The third-order valence-corrected chi connectivity index (χ3v) is 9.76. The molecule has 5 N–H and O–H groups in total. The van der Waals surface area contributed by atoms with Crippen LogP contribution in [0.3, 0.4) is 0 Å². The van der Waals surface area contributed by atoms with Crippen LogP contribution in [0.1, 0.15) is 155 Å². The fraction of sp³-hybridized carbons (Fsp3) is 0.689. The molecule has 0 spiro atoms. The summed E-state index contributed by atoms with van der Waals surface area (Å²) in [7, 11) is -4.45. The number of unbranched alkanes of at least 4 members (excludes halogenated alkanes) is 10. The number of hydrogen-bond donors (Lipinski definition) is 4. The highest BCUT2D eigenvalue weighted by molar-refractivity contribution is 7.47. The van der Waals surface area contributed by atoms with Crippen molar-refractivity contribution < 1.29 is 47.8 Å². The summed E-state index contributed by atoms with van der Waals surface area (Å²) in [6.07, 6.45) is 41.0. The maximum Gasteiger partial charge on any atom is 0.472 e. The third kappa shape index (κ3) is 38.6. The Morgan fingerprint density at radius 2 is 1.14 bits per heavy atom. The van der Waals surface area contributed by atoms with Gasteiger partial charge in [0, 0.05) is 19.4 Å². The summed E-state index contributed by atoms with van der Waals surface area (Å²) in [5, 5.41) is 20.6. The van der Waals surface area contributed by atoms with Crippen molar-refractivity contribution in [2.75, 3.05) is 26.4 Å². The van der Waals surface area contributed by atoms with E-state index >= 15 is 0 Å². The highest BCUT2D eigenvalue weighted by atomic mass is 31.2. The lowest BCUT2D eigenvalue weighted by Crippen LogP contribution is -2.30. The smallest absolute Gasteiger partial charge is 0.462 e. The van der Waals surface area contributed by atoms with Gasteiger partial charge in [0.1, 0.15) is 6.61 Å². The first-order valence-electron chi connectivity index (χ1n) is 21.6. The van der Waals surface area contributed by atoms with Gasteiger partial charge < -0.3 is 30.3 Å². The molecule has 0 aliphatic heterocycles. The number of allylic oxidation sites excluding steroid dienone is 11. The van der Waals surface area contributed by atoms with E-state index in [-0.39, 0.29) is 51.9 Å². The third-order valence-electron chi connectivity index (χ3n) is 8.78. The Kier molecular flexibility index (Phi) is 38.3. The molecule has 11 nitrogen and oxygen atoms in total. The Morgan fingerprint density at radius 1 is 0.614 bits per heavy atom. The van der Waals surface area contributed by atoms with Crippen LogP contribution in [0, 0.1) is 0 Å². The van der Waals surface area contributed by atoms with Crippen LogP contribution in [0.4, 0.5) is 0 Å². The van der Waals surface area contributed by atoms with Gasteiger partial charge in [0.2, 0.25) is 0 Å². The Hall–Kier alpha value is -2.63. The molecule has 0 aromatic carbocycles. The molecule has 0 aromatic heterocycles. The molecule has 0 saturated carbocycles. The van der Waals surface area contributed by atoms with E-state index in [1.165, 1.54) is 38.5 Å². The van der Waals surface area contributed by atoms with Gasteiger partial charge in [-0.15, -0.1) is 0 Å². The van der Waals surface area contributed by atoms with E-state index in [1.807, 2.05) is 18.2 Å². The van der Waals surface area contributed by atoms with Gasteiger partial charge in [-0.3, -0.25) is 18.6 Å². The number of rotatable bonds is 39. The van der Waals surface area contributed by atoms with Crippen LogP contribution in [0.15, 0.2) is 72.9 Å². The standard InChI is InChI=1S/C45H78NO10P/c1-3-5-7-9-11-13-15-17-18-19-20-21-23-25-27-29-31-35-45(50)56-41(40-55-57(51,52)54-38-37-46)39-53-44(49)36-32-34-43(48)42(47)33-30-28-26-24-22-16-14-12-10-8-6-4-2/h6,8,11-14,17-18,22,24,28,30,41-43,47-48H,3-5,7,9-10,15-16,19-21,23,25-27,29,31-40,46H2,1-2H3,(H,51,52)/b8-6-,13-11-,14-12-,18-17-,24-22-,30-28-/t41-,42+,43+/m1/s1. The van der Waals surface area contributed by atoms with Gasteiger partial charge >= 0.3 is 19.8 Å². The van der Waals surface area contributed by atoms with Crippen molar-refractivity contribution in [3.05, 3.63) is 72.9 Å². The number of hydrogen-bond acceptors (Lipinski definition) is 10. The van der Waals surface area contributed by atoms with Gasteiger partial charge in [-0.1, -0.05) is 132 Å². The Bertz CT molecular complexity index is 1200. The van der Waals surface area contributed by atoms with Crippen molar-refractivity contribution in [2.24, 2.45) is 5.73 Å². The van der Waals surface area contributed by atoms with Gasteiger partial charge in [-0.05, 0) is 83.5 Å². The first-order valence-corrected chi connectivity index (χ1v) is 23.1. The normalized spacial score (nSPS) is 15.1. The number of ether oxygens (including phenoxy) is 2. The summed E-state index contributed by atoms with van der Waals surface area (Å²) < 4.78 is 32.6. The highest BCUT2D eigenvalue weighted by Gasteiger charge is 2.26. The predicted octanol–water partition coefficient (Wildman–Crippen LogP) is 10.2. The molecule has 1 unspecified atom stereocenters. The molecule has 328 valence electrons. The molecule has 0 bridgehead atoms. The summed E-state index contributed by atoms with van der Waals surface area (Å²) in [6.45, 7) is 3.23. The summed E-state index contributed by atoms with van der Waals surface area (Å²) in [5.41, 5.74) is 5.33. The number of phosphoric ester groups is 1. The summed E-state index contributed by atoms with van der Waals surface area (Å²) in [5.74, 6) is -1.13. The van der Waals surface area contributed by atoms with E-state index < -0.39 is 44.7 Å². The summed E-state index contributed by atoms with van der Waals surface area (Å²) >= 11 is 0.